The zero-order chi connectivity index (χ0) is 17.3. The van der Waals surface area contributed by atoms with Gasteiger partial charge in [0.1, 0.15) is 10.5 Å². The first-order valence-corrected chi connectivity index (χ1v) is 8.96. The first-order valence-electron chi connectivity index (χ1n) is 8.14. The fourth-order valence-corrected chi connectivity index (χ4v) is 4.02. The summed E-state index contributed by atoms with van der Waals surface area (Å²) in [6, 6.07) is 0. The van der Waals surface area contributed by atoms with Gasteiger partial charge >= 0.3 is 0 Å². The lowest BCUT2D eigenvalue weighted by atomic mass is 9.97. The van der Waals surface area contributed by atoms with Gasteiger partial charge in [-0.15, -0.1) is 11.3 Å². The summed E-state index contributed by atoms with van der Waals surface area (Å²) in [6.45, 7) is 9.91. The molecule has 0 radical (unpaired) electrons. The van der Waals surface area contributed by atoms with Crippen molar-refractivity contribution in [1.29, 1.82) is 0 Å². The molecule has 1 unspecified atom stereocenters. The smallest absolute Gasteiger partial charge is 0.223 e. The molecule has 1 amide bonds. The van der Waals surface area contributed by atoms with Crippen molar-refractivity contribution in [2.45, 2.75) is 52.1 Å². The number of hydrogen-bond donors (Lipinski definition) is 1. The van der Waals surface area contributed by atoms with Crippen molar-refractivity contribution >= 4 is 17.2 Å². The molecule has 2 aromatic rings. The van der Waals surface area contributed by atoms with Crippen LogP contribution in [0.15, 0.2) is 10.7 Å². The summed E-state index contributed by atoms with van der Waals surface area (Å²) in [6.07, 6.45) is 2.72. The number of likely N-dealkylation sites (tertiary alicyclic amines) is 1. The molecule has 0 bridgehead atoms. The Morgan fingerprint density at radius 1 is 1.54 bits per heavy atom. The van der Waals surface area contributed by atoms with Crippen LogP contribution < -0.4 is 5.32 Å². The molecule has 3 rings (SSSR count). The van der Waals surface area contributed by atoms with Crippen LogP contribution in [-0.2, 0) is 16.9 Å². The molecule has 7 nitrogen and oxygen atoms in total. The number of nitrogens with zero attached hydrogens (tertiary/aromatic N) is 4. The van der Waals surface area contributed by atoms with Crippen LogP contribution in [-0.4, -0.2) is 39.0 Å². The van der Waals surface area contributed by atoms with Gasteiger partial charge in [0.15, 0.2) is 5.82 Å². The van der Waals surface area contributed by atoms with Crippen molar-refractivity contribution in [3.05, 3.63) is 27.8 Å². The number of carbonyl (C=O) groups is 1. The van der Waals surface area contributed by atoms with E-state index in [1.807, 2.05) is 6.20 Å². The zero-order valence-electron chi connectivity index (χ0n) is 14.5. The zero-order valence-corrected chi connectivity index (χ0v) is 15.3. The Hall–Kier alpha value is -1.80. The lowest BCUT2D eigenvalue weighted by molar-refractivity contribution is -0.121. The van der Waals surface area contributed by atoms with Gasteiger partial charge in [-0.25, -0.2) is 4.98 Å². The molecular formula is C16H23N5O2S. The maximum absolute atomic E-state index is 11.7. The van der Waals surface area contributed by atoms with Gasteiger partial charge in [-0.3, -0.25) is 9.69 Å². The second-order valence-corrected chi connectivity index (χ2v) is 7.82. The molecule has 130 valence electrons. The lowest BCUT2D eigenvalue weighted by Gasteiger charge is -2.26. The normalized spacial score (nSPS) is 21.5. The molecule has 1 fully saturated rings. The van der Waals surface area contributed by atoms with Crippen LogP contribution in [0.5, 0.6) is 0 Å². The van der Waals surface area contributed by atoms with E-state index in [4.69, 9.17) is 4.52 Å². The molecule has 1 aliphatic heterocycles. The second kappa shape index (κ2) is 6.60. The standard InChI is InChI=1S/C16H23N5O2S/c1-10(2)13-7-17-14(24-13)8-21-6-5-16(9-21,19-11(3)22)15-18-12(4)23-20-15/h7,10H,5-6,8-9H2,1-4H3,(H,19,22). The topological polar surface area (TPSA) is 84.2 Å². The number of hydrogen-bond acceptors (Lipinski definition) is 7. The molecule has 0 aliphatic carbocycles. The molecule has 0 aromatic carbocycles. The van der Waals surface area contributed by atoms with Crippen LogP contribution in [0.2, 0.25) is 0 Å². The van der Waals surface area contributed by atoms with Crippen molar-refractivity contribution in [3.63, 3.8) is 0 Å². The third kappa shape index (κ3) is 3.49. The van der Waals surface area contributed by atoms with Gasteiger partial charge in [0.25, 0.3) is 0 Å². The highest BCUT2D eigenvalue weighted by Crippen LogP contribution is 2.32. The number of amides is 1. The minimum absolute atomic E-state index is 0.0874. The highest BCUT2D eigenvalue weighted by atomic mass is 32.1. The van der Waals surface area contributed by atoms with Crippen molar-refractivity contribution in [1.82, 2.24) is 25.3 Å². The SMILES string of the molecule is CC(=O)NC1(c2noc(C)n2)CCN(Cc2ncc(C(C)C)s2)C1. The number of carbonyl (C=O) groups excluding carboxylic acids is 1. The van der Waals surface area contributed by atoms with Gasteiger partial charge in [-0.2, -0.15) is 4.98 Å². The van der Waals surface area contributed by atoms with Gasteiger partial charge in [0.05, 0.1) is 6.54 Å². The van der Waals surface area contributed by atoms with E-state index in [1.54, 1.807) is 18.3 Å². The number of aryl methyl sites for hydroxylation is 1. The molecule has 1 saturated heterocycles. The maximum Gasteiger partial charge on any atom is 0.223 e. The average molecular weight is 349 g/mol. The highest BCUT2D eigenvalue weighted by molar-refractivity contribution is 7.11. The van der Waals surface area contributed by atoms with Gasteiger partial charge in [0, 0.05) is 38.0 Å². The van der Waals surface area contributed by atoms with E-state index in [0.29, 0.717) is 24.2 Å². The van der Waals surface area contributed by atoms with E-state index in [9.17, 15) is 4.79 Å². The molecule has 24 heavy (non-hydrogen) atoms. The van der Waals surface area contributed by atoms with Crippen LogP contribution in [0.4, 0.5) is 0 Å². The van der Waals surface area contributed by atoms with Crippen molar-refractivity contribution < 1.29 is 9.32 Å². The van der Waals surface area contributed by atoms with E-state index in [-0.39, 0.29) is 5.91 Å². The first-order chi connectivity index (χ1) is 11.4. The number of aromatic nitrogens is 3. The Balaban J connectivity index is 1.75. The minimum atomic E-state index is -0.582. The van der Waals surface area contributed by atoms with Crippen LogP contribution in [0.25, 0.3) is 0 Å². The van der Waals surface area contributed by atoms with Crippen LogP contribution in [0.3, 0.4) is 0 Å². The summed E-state index contributed by atoms with van der Waals surface area (Å²) >= 11 is 1.75. The monoisotopic (exact) mass is 349 g/mol. The Morgan fingerprint density at radius 3 is 2.92 bits per heavy atom. The number of rotatable bonds is 5. The van der Waals surface area contributed by atoms with E-state index in [1.165, 1.54) is 11.8 Å². The predicted octanol–water partition coefficient (Wildman–Crippen LogP) is 2.20. The fraction of sp³-hybridized carbons (Fsp3) is 0.625. The highest BCUT2D eigenvalue weighted by Gasteiger charge is 2.44. The molecule has 2 aromatic heterocycles. The fourth-order valence-electron chi connectivity index (χ4n) is 3.05. The summed E-state index contributed by atoms with van der Waals surface area (Å²) < 4.78 is 5.13. The van der Waals surface area contributed by atoms with Crippen LogP contribution >= 0.6 is 11.3 Å². The Bertz CT molecular complexity index is 726. The largest absolute Gasteiger partial charge is 0.342 e. The third-order valence-electron chi connectivity index (χ3n) is 4.22. The molecular weight excluding hydrogens is 326 g/mol. The number of thiazole rings is 1. The second-order valence-electron chi connectivity index (χ2n) is 6.67. The summed E-state index contributed by atoms with van der Waals surface area (Å²) in [7, 11) is 0. The Labute approximate surface area is 145 Å². The van der Waals surface area contributed by atoms with E-state index in [2.05, 4.69) is 39.2 Å². The summed E-state index contributed by atoms with van der Waals surface area (Å²) in [4.78, 5) is 24.2. The summed E-state index contributed by atoms with van der Waals surface area (Å²) in [5, 5.41) is 8.19. The van der Waals surface area contributed by atoms with Crippen molar-refractivity contribution in [3.8, 4) is 0 Å². The van der Waals surface area contributed by atoms with Crippen LogP contribution in [0.1, 0.15) is 54.7 Å². The van der Waals surface area contributed by atoms with Gasteiger partial charge in [-0.05, 0) is 12.3 Å². The third-order valence-corrected chi connectivity index (χ3v) is 5.50. The molecule has 3 heterocycles. The molecule has 0 spiro atoms. The van der Waals surface area contributed by atoms with E-state index >= 15 is 0 Å². The van der Waals surface area contributed by atoms with Gasteiger partial charge in [0.2, 0.25) is 11.8 Å². The van der Waals surface area contributed by atoms with Crippen molar-refractivity contribution in [2.24, 2.45) is 0 Å². The lowest BCUT2D eigenvalue weighted by Crippen LogP contribution is -2.47. The molecule has 0 saturated carbocycles. The average Bonchev–Trinajstić information content (AvgIpc) is 3.20. The summed E-state index contributed by atoms with van der Waals surface area (Å²) in [5.74, 6) is 1.47. The van der Waals surface area contributed by atoms with E-state index < -0.39 is 5.54 Å². The van der Waals surface area contributed by atoms with Crippen molar-refractivity contribution in [2.75, 3.05) is 13.1 Å². The van der Waals surface area contributed by atoms with Gasteiger partial charge in [-0.1, -0.05) is 19.0 Å². The predicted molar refractivity (Wildman–Crippen MR) is 90.6 cm³/mol. The maximum atomic E-state index is 11.7. The molecule has 8 heteroatoms. The summed E-state index contributed by atoms with van der Waals surface area (Å²) in [5.41, 5.74) is -0.582. The van der Waals surface area contributed by atoms with Gasteiger partial charge < -0.3 is 9.84 Å². The number of nitrogens with one attached hydrogen (secondary N) is 1. The Kier molecular flexibility index (Phi) is 4.69. The molecule has 1 atom stereocenters. The minimum Gasteiger partial charge on any atom is -0.342 e. The van der Waals surface area contributed by atoms with Crippen LogP contribution in [0, 0.1) is 6.92 Å². The molecule has 1 aliphatic rings. The van der Waals surface area contributed by atoms with E-state index in [0.717, 1.165) is 24.5 Å². The first kappa shape index (κ1) is 17.0. The quantitative estimate of drug-likeness (QED) is 0.891. The Morgan fingerprint density at radius 2 is 2.33 bits per heavy atom. The molecule has 1 N–H and O–H groups in total.